The Balaban J connectivity index is 1.53. The van der Waals surface area contributed by atoms with Crippen LogP contribution in [0, 0.1) is 23.6 Å². The second-order valence-electron chi connectivity index (χ2n) is 10.3. The number of anilines is 1. The Morgan fingerprint density at radius 3 is 2.50 bits per heavy atom. The maximum absolute atomic E-state index is 14.0. The van der Waals surface area contributed by atoms with Crippen molar-refractivity contribution >= 4 is 35.1 Å². The number of benzene rings is 1. The number of nitrogens with one attached hydrogen (secondary N) is 3. The molecular formula is C26H30F4N4O6. The normalized spacial score (nSPS) is 25.1. The summed E-state index contributed by atoms with van der Waals surface area (Å²) in [5.74, 6) is -6.45. The maximum atomic E-state index is 14.0. The largest absolute Gasteiger partial charge is 0.522 e. The molecule has 0 aromatic heterocycles. The van der Waals surface area contributed by atoms with E-state index in [0.717, 1.165) is 23.8 Å². The molecule has 3 fully saturated rings. The van der Waals surface area contributed by atoms with Crippen molar-refractivity contribution in [3.63, 3.8) is 0 Å². The van der Waals surface area contributed by atoms with Gasteiger partial charge in [0, 0.05) is 19.0 Å². The zero-order chi connectivity index (χ0) is 29.0. The van der Waals surface area contributed by atoms with Gasteiger partial charge in [-0.1, -0.05) is 25.0 Å². The average Bonchev–Trinajstić information content (AvgIpc) is 3.50. The number of alkyl halides is 3. The van der Waals surface area contributed by atoms with Crippen LogP contribution in [0.25, 0.3) is 0 Å². The lowest BCUT2D eigenvalue weighted by molar-refractivity contribution is -0.321. The van der Waals surface area contributed by atoms with Crippen molar-refractivity contribution in [2.24, 2.45) is 17.8 Å². The van der Waals surface area contributed by atoms with Crippen LogP contribution in [-0.2, 0) is 28.7 Å². The second kappa shape index (κ2) is 12.3. The summed E-state index contributed by atoms with van der Waals surface area (Å²) in [6.45, 7) is -0.969. The number of carbonyl (C=O) groups excluding carboxylic acids is 5. The zero-order valence-electron chi connectivity index (χ0n) is 21.5. The molecule has 40 heavy (non-hydrogen) atoms. The summed E-state index contributed by atoms with van der Waals surface area (Å²) in [7, 11) is 0. The van der Waals surface area contributed by atoms with Crippen LogP contribution in [0.5, 0.6) is 0 Å². The minimum Gasteiger partial charge on any atom is -0.356 e. The van der Waals surface area contributed by atoms with Crippen molar-refractivity contribution in [1.82, 2.24) is 15.5 Å². The zero-order valence-corrected chi connectivity index (χ0v) is 21.5. The predicted octanol–water partition coefficient (Wildman–Crippen LogP) is 1.90. The molecule has 3 N–H and O–H groups in total. The molecule has 1 aliphatic carbocycles. The third-order valence-corrected chi connectivity index (χ3v) is 7.75. The van der Waals surface area contributed by atoms with Gasteiger partial charge >= 0.3 is 18.2 Å². The molecular weight excluding hydrogens is 540 g/mol. The van der Waals surface area contributed by atoms with E-state index in [1.165, 1.54) is 18.2 Å². The van der Waals surface area contributed by atoms with Gasteiger partial charge in [-0.2, -0.15) is 0 Å². The molecule has 1 aromatic rings. The monoisotopic (exact) mass is 570 g/mol. The lowest BCUT2D eigenvalue weighted by Gasteiger charge is -2.31. The molecule has 4 rings (SSSR count). The van der Waals surface area contributed by atoms with Crippen LogP contribution in [0.4, 0.5) is 23.2 Å². The lowest BCUT2D eigenvalue weighted by atomic mass is 9.78. The number of carbonyl (C=O) groups is 5. The number of para-hydroxylation sites is 1. The Kier molecular flexibility index (Phi) is 9.06. The number of rotatable bonds is 8. The van der Waals surface area contributed by atoms with Crippen molar-refractivity contribution in [1.29, 1.82) is 0 Å². The summed E-state index contributed by atoms with van der Waals surface area (Å²) in [5.41, 5.74) is -0.219. The summed E-state index contributed by atoms with van der Waals surface area (Å²) in [5, 5.41) is 7.24. The van der Waals surface area contributed by atoms with Crippen LogP contribution in [0.3, 0.4) is 0 Å². The quantitative estimate of drug-likeness (QED) is 0.323. The summed E-state index contributed by atoms with van der Waals surface area (Å²) >= 11 is 0. The fraction of sp³-hybridized carbons (Fsp3) is 0.577. The predicted molar refractivity (Wildman–Crippen MR) is 131 cm³/mol. The van der Waals surface area contributed by atoms with E-state index in [4.69, 9.17) is 0 Å². The molecule has 1 aromatic carbocycles. The summed E-state index contributed by atoms with van der Waals surface area (Å²) in [4.78, 5) is 65.5. The van der Waals surface area contributed by atoms with Crippen molar-refractivity contribution in [2.75, 3.05) is 25.0 Å². The number of fused-ring (bicyclic) bond motifs is 1. The van der Waals surface area contributed by atoms with E-state index in [-0.39, 0.29) is 30.5 Å². The molecule has 2 heterocycles. The van der Waals surface area contributed by atoms with Crippen molar-refractivity contribution in [3.05, 3.63) is 30.1 Å². The van der Waals surface area contributed by atoms with E-state index in [0.29, 0.717) is 25.8 Å². The van der Waals surface area contributed by atoms with E-state index in [1.54, 1.807) is 0 Å². The molecule has 5 atom stereocenters. The lowest BCUT2D eigenvalue weighted by Crippen LogP contribution is -2.55. The number of ketones is 1. The fourth-order valence-electron chi connectivity index (χ4n) is 5.83. The topological polar surface area (TPSA) is 134 Å². The molecule has 14 heteroatoms. The Hall–Kier alpha value is -3.55. The van der Waals surface area contributed by atoms with E-state index >= 15 is 0 Å². The van der Waals surface area contributed by atoms with Crippen LogP contribution in [-0.4, -0.2) is 72.5 Å². The van der Waals surface area contributed by atoms with E-state index in [9.17, 15) is 41.5 Å². The molecule has 4 amide bonds. The second-order valence-corrected chi connectivity index (χ2v) is 10.3. The van der Waals surface area contributed by atoms with Gasteiger partial charge < -0.3 is 20.9 Å². The van der Waals surface area contributed by atoms with E-state index in [2.05, 4.69) is 20.7 Å². The van der Waals surface area contributed by atoms with Gasteiger partial charge in [-0.15, -0.1) is 13.2 Å². The number of nitrogens with zero attached hydrogens (tertiary/aromatic N) is 1. The molecule has 2 saturated heterocycles. The fourth-order valence-corrected chi connectivity index (χ4v) is 5.83. The highest BCUT2D eigenvalue weighted by Crippen LogP contribution is 2.41. The van der Waals surface area contributed by atoms with Crippen molar-refractivity contribution in [2.45, 2.75) is 57.0 Å². The summed E-state index contributed by atoms with van der Waals surface area (Å²) in [6.07, 6.45) is -2.14. The Morgan fingerprint density at radius 1 is 1.10 bits per heavy atom. The van der Waals surface area contributed by atoms with Crippen LogP contribution in [0.2, 0.25) is 0 Å². The molecule has 0 unspecified atom stereocenters. The van der Waals surface area contributed by atoms with Crippen LogP contribution in [0.15, 0.2) is 24.3 Å². The number of hydrogen-bond acceptors (Lipinski definition) is 6. The van der Waals surface area contributed by atoms with Crippen LogP contribution < -0.4 is 16.0 Å². The molecule has 2 aliphatic heterocycles. The number of hydrogen-bond donors (Lipinski definition) is 3. The minimum absolute atomic E-state index is 0.0765. The van der Waals surface area contributed by atoms with Gasteiger partial charge in [-0.25, -0.2) is 4.39 Å². The highest BCUT2D eigenvalue weighted by molar-refractivity contribution is 6.40. The third kappa shape index (κ3) is 6.95. The first-order chi connectivity index (χ1) is 18.9. The Labute approximate surface area is 227 Å². The Bertz CT molecular complexity index is 1160. The van der Waals surface area contributed by atoms with Crippen LogP contribution >= 0.6 is 0 Å². The highest BCUT2D eigenvalue weighted by Gasteiger charge is 2.50. The molecule has 0 spiro atoms. The number of amides is 4. The van der Waals surface area contributed by atoms with Gasteiger partial charge in [-0.3, -0.25) is 28.7 Å². The average molecular weight is 571 g/mol. The standard InChI is InChI=1S/C26H30F4N4O6/c27-17-7-3-4-8-18(17)32-24(38)25(39)34-12-15-5-1-2-6-16(15)21(34)23(37)33-19(11-14-9-10-31-22(14)36)20(35)13-40-26(28,29)30/h3-4,7-8,14-16,19,21H,1-2,5-6,9-13H2,(H,31,36)(H,32,38)(H,33,37)/t14-,15-,16-,19-,21-/m0/s1. The van der Waals surface area contributed by atoms with Gasteiger partial charge in [0.2, 0.25) is 11.8 Å². The molecule has 0 bridgehead atoms. The molecule has 218 valence electrons. The first-order valence-electron chi connectivity index (χ1n) is 13.1. The minimum atomic E-state index is -5.08. The van der Waals surface area contributed by atoms with Crippen molar-refractivity contribution < 1.29 is 46.3 Å². The number of likely N-dealkylation sites (tertiary alicyclic amines) is 1. The number of halogens is 4. The van der Waals surface area contributed by atoms with Gasteiger partial charge in [0.15, 0.2) is 5.78 Å². The number of Topliss-reactive ketones (excluding diaryl/α,β-unsaturated/α-hetero) is 1. The van der Waals surface area contributed by atoms with Gasteiger partial charge in [0.05, 0.1) is 11.7 Å². The maximum Gasteiger partial charge on any atom is 0.522 e. The molecule has 10 nitrogen and oxygen atoms in total. The van der Waals surface area contributed by atoms with Crippen molar-refractivity contribution in [3.8, 4) is 0 Å². The van der Waals surface area contributed by atoms with Gasteiger partial charge in [0.1, 0.15) is 18.5 Å². The van der Waals surface area contributed by atoms with E-state index in [1.807, 2.05) is 0 Å². The first kappa shape index (κ1) is 29.4. The first-order valence-corrected chi connectivity index (χ1v) is 13.1. The SMILES string of the molecule is O=C(Nc1ccccc1F)C(=O)N1C[C@@H]2CCCC[C@@H]2[C@H]1C(=O)N[C@@H](C[C@@H]1CCNC1=O)C(=O)COC(F)(F)F. The smallest absolute Gasteiger partial charge is 0.356 e. The highest BCUT2D eigenvalue weighted by atomic mass is 19.4. The third-order valence-electron chi connectivity index (χ3n) is 7.75. The molecule has 1 saturated carbocycles. The van der Waals surface area contributed by atoms with Gasteiger partial charge in [-0.05, 0) is 49.7 Å². The summed E-state index contributed by atoms with van der Waals surface area (Å²) < 4.78 is 55.5. The van der Waals surface area contributed by atoms with Gasteiger partial charge in [0.25, 0.3) is 0 Å². The van der Waals surface area contributed by atoms with Crippen LogP contribution in [0.1, 0.15) is 38.5 Å². The summed E-state index contributed by atoms with van der Waals surface area (Å²) in [6, 6.07) is 2.58. The molecule has 0 radical (unpaired) electrons. The molecule has 3 aliphatic rings. The Morgan fingerprint density at radius 2 is 1.82 bits per heavy atom. The number of ether oxygens (including phenoxy) is 1. The van der Waals surface area contributed by atoms with E-state index < -0.39 is 66.2 Å².